The molecule has 0 aliphatic rings. The van der Waals surface area contributed by atoms with E-state index < -0.39 is 0 Å². The van der Waals surface area contributed by atoms with E-state index in [4.69, 9.17) is 0 Å². The van der Waals surface area contributed by atoms with Gasteiger partial charge in [-0.05, 0) is 6.07 Å². The highest BCUT2D eigenvalue weighted by atomic mass is 16.1. The highest BCUT2D eigenvalue weighted by molar-refractivity contribution is 5.97. The molecule has 0 bridgehead atoms. The minimum Gasteiger partial charge on any atom is -0.386 e. The molecule has 1 rings (SSSR count). The molecule has 1 heterocycles. The standard InChI is InChI=1S/C8H10N2O2/c1-5(11)8-6(9-2)3-4-7(12)10-8/h3-4,9H,1-2H3,(H,10,12). The fraction of sp³-hybridized carbons (Fsp3) is 0.250. The maximum Gasteiger partial charge on any atom is 0.248 e. The Morgan fingerprint density at radius 3 is 2.67 bits per heavy atom. The lowest BCUT2D eigenvalue weighted by Crippen LogP contribution is -2.12. The van der Waals surface area contributed by atoms with E-state index in [1.165, 1.54) is 13.0 Å². The van der Waals surface area contributed by atoms with Gasteiger partial charge in [-0.1, -0.05) is 0 Å². The zero-order valence-electron chi connectivity index (χ0n) is 6.97. The Morgan fingerprint density at radius 2 is 2.17 bits per heavy atom. The van der Waals surface area contributed by atoms with E-state index in [1.54, 1.807) is 13.1 Å². The summed E-state index contributed by atoms with van der Waals surface area (Å²) in [6.07, 6.45) is 0. The number of H-pyrrole nitrogens is 1. The number of aromatic amines is 1. The van der Waals surface area contributed by atoms with Gasteiger partial charge in [0.2, 0.25) is 5.56 Å². The van der Waals surface area contributed by atoms with E-state index in [0.29, 0.717) is 11.4 Å². The summed E-state index contributed by atoms with van der Waals surface area (Å²) in [6.45, 7) is 1.41. The number of carbonyl (C=O) groups excluding carboxylic acids is 1. The van der Waals surface area contributed by atoms with Crippen LogP contribution in [-0.4, -0.2) is 17.8 Å². The van der Waals surface area contributed by atoms with Crippen molar-refractivity contribution in [2.75, 3.05) is 12.4 Å². The fourth-order valence-electron chi connectivity index (χ4n) is 0.961. The van der Waals surface area contributed by atoms with Gasteiger partial charge in [-0.3, -0.25) is 9.59 Å². The Morgan fingerprint density at radius 1 is 1.50 bits per heavy atom. The van der Waals surface area contributed by atoms with Crippen LogP contribution in [0.3, 0.4) is 0 Å². The van der Waals surface area contributed by atoms with Gasteiger partial charge >= 0.3 is 0 Å². The number of carbonyl (C=O) groups is 1. The van der Waals surface area contributed by atoms with Gasteiger partial charge in [-0.15, -0.1) is 0 Å². The molecule has 1 aromatic heterocycles. The molecule has 0 unspecified atom stereocenters. The van der Waals surface area contributed by atoms with Crippen molar-refractivity contribution in [3.8, 4) is 0 Å². The first-order chi connectivity index (χ1) is 5.65. The van der Waals surface area contributed by atoms with Crippen LogP contribution in [0.25, 0.3) is 0 Å². The van der Waals surface area contributed by atoms with Crippen LogP contribution in [0.2, 0.25) is 0 Å². The topological polar surface area (TPSA) is 62.0 Å². The molecule has 0 atom stereocenters. The smallest absolute Gasteiger partial charge is 0.248 e. The molecule has 12 heavy (non-hydrogen) atoms. The molecule has 0 saturated carbocycles. The number of rotatable bonds is 2. The molecule has 0 spiro atoms. The molecule has 64 valence electrons. The summed E-state index contributed by atoms with van der Waals surface area (Å²) in [5.74, 6) is -0.156. The summed E-state index contributed by atoms with van der Waals surface area (Å²) in [7, 11) is 1.69. The molecule has 0 saturated heterocycles. The zero-order chi connectivity index (χ0) is 9.14. The molecule has 0 amide bonds. The molecule has 4 heteroatoms. The van der Waals surface area contributed by atoms with Crippen LogP contribution < -0.4 is 10.9 Å². The Hall–Kier alpha value is -1.58. The summed E-state index contributed by atoms with van der Waals surface area (Å²) in [5.41, 5.74) is 0.700. The van der Waals surface area contributed by atoms with E-state index in [0.717, 1.165) is 0 Å². The lowest BCUT2D eigenvalue weighted by atomic mass is 10.2. The van der Waals surface area contributed by atoms with Gasteiger partial charge in [0.15, 0.2) is 5.78 Å². The molecule has 0 aromatic carbocycles. The SMILES string of the molecule is CNc1ccc(=O)[nH]c1C(C)=O. The molecule has 2 N–H and O–H groups in total. The summed E-state index contributed by atoms with van der Waals surface area (Å²) >= 11 is 0. The minimum absolute atomic E-state index is 0.156. The predicted molar refractivity (Wildman–Crippen MR) is 46.6 cm³/mol. The van der Waals surface area contributed by atoms with Gasteiger partial charge < -0.3 is 10.3 Å². The highest BCUT2D eigenvalue weighted by Crippen LogP contribution is 2.08. The van der Waals surface area contributed by atoms with E-state index in [9.17, 15) is 9.59 Å². The average molecular weight is 166 g/mol. The summed E-state index contributed by atoms with van der Waals surface area (Å²) in [5, 5.41) is 2.81. The van der Waals surface area contributed by atoms with E-state index >= 15 is 0 Å². The molecule has 0 aliphatic carbocycles. The van der Waals surface area contributed by atoms with Crippen LogP contribution in [0.15, 0.2) is 16.9 Å². The molecule has 4 nitrogen and oxygen atoms in total. The van der Waals surface area contributed by atoms with Crippen molar-refractivity contribution < 1.29 is 4.79 Å². The van der Waals surface area contributed by atoms with E-state index in [1.807, 2.05) is 0 Å². The van der Waals surface area contributed by atoms with Crippen LogP contribution >= 0.6 is 0 Å². The van der Waals surface area contributed by atoms with E-state index in [2.05, 4.69) is 10.3 Å². The van der Waals surface area contributed by atoms with Crippen molar-refractivity contribution in [3.05, 3.63) is 28.2 Å². The Kier molecular flexibility index (Phi) is 2.28. The van der Waals surface area contributed by atoms with E-state index in [-0.39, 0.29) is 11.3 Å². The molecule has 0 fully saturated rings. The normalized spacial score (nSPS) is 9.50. The second-order valence-electron chi connectivity index (χ2n) is 2.42. The summed E-state index contributed by atoms with van der Waals surface area (Å²) < 4.78 is 0. The second kappa shape index (κ2) is 3.21. The molecular formula is C8H10N2O2. The molecule has 0 radical (unpaired) electrons. The largest absolute Gasteiger partial charge is 0.386 e. The van der Waals surface area contributed by atoms with Gasteiger partial charge in [-0.2, -0.15) is 0 Å². The number of nitrogens with one attached hydrogen (secondary N) is 2. The van der Waals surface area contributed by atoms with Crippen LogP contribution in [0.1, 0.15) is 17.4 Å². The Bertz CT molecular complexity index is 354. The van der Waals surface area contributed by atoms with Crippen molar-refractivity contribution in [1.29, 1.82) is 0 Å². The number of anilines is 1. The first kappa shape index (κ1) is 8.52. The van der Waals surface area contributed by atoms with Crippen LogP contribution in [-0.2, 0) is 0 Å². The highest BCUT2D eigenvalue weighted by Gasteiger charge is 2.05. The number of Topliss-reactive ketones (excluding diaryl/α,β-unsaturated/α-hetero) is 1. The van der Waals surface area contributed by atoms with Gasteiger partial charge in [-0.25, -0.2) is 0 Å². The van der Waals surface area contributed by atoms with Gasteiger partial charge in [0.25, 0.3) is 0 Å². The molecular weight excluding hydrogens is 156 g/mol. The summed E-state index contributed by atoms with van der Waals surface area (Å²) in [4.78, 5) is 24.3. The fourth-order valence-corrected chi connectivity index (χ4v) is 0.961. The number of pyridine rings is 1. The van der Waals surface area contributed by atoms with Crippen molar-refractivity contribution in [2.45, 2.75) is 6.92 Å². The number of aromatic nitrogens is 1. The van der Waals surface area contributed by atoms with Crippen molar-refractivity contribution in [3.63, 3.8) is 0 Å². The van der Waals surface area contributed by atoms with Crippen molar-refractivity contribution in [1.82, 2.24) is 4.98 Å². The van der Waals surface area contributed by atoms with Crippen molar-refractivity contribution >= 4 is 11.5 Å². The van der Waals surface area contributed by atoms with Gasteiger partial charge in [0, 0.05) is 20.0 Å². The zero-order valence-corrected chi connectivity index (χ0v) is 6.97. The monoisotopic (exact) mass is 166 g/mol. The Labute approximate surface area is 69.6 Å². The summed E-state index contributed by atoms with van der Waals surface area (Å²) in [6, 6.07) is 2.95. The number of hydrogen-bond donors (Lipinski definition) is 2. The molecule has 0 aliphatic heterocycles. The lowest BCUT2D eigenvalue weighted by molar-refractivity contribution is 0.101. The number of ketones is 1. The third kappa shape index (κ3) is 1.53. The molecule has 1 aromatic rings. The third-order valence-electron chi connectivity index (χ3n) is 1.54. The maximum absolute atomic E-state index is 11.0. The third-order valence-corrected chi connectivity index (χ3v) is 1.54. The first-order valence-electron chi connectivity index (χ1n) is 3.57. The Balaban J connectivity index is 3.31. The van der Waals surface area contributed by atoms with Crippen molar-refractivity contribution in [2.24, 2.45) is 0 Å². The lowest BCUT2D eigenvalue weighted by Gasteiger charge is -2.03. The first-order valence-corrected chi connectivity index (χ1v) is 3.57. The van der Waals surface area contributed by atoms with Gasteiger partial charge in [0.1, 0.15) is 5.69 Å². The van der Waals surface area contributed by atoms with Gasteiger partial charge in [0.05, 0.1) is 5.69 Å². The second-order valence-corrected chi connectivity index (χ2v) is 2.42. The van der Waals surface area contributed by atoms with Crippen LogP contribution in [0.5, 0.6) is 0 Å². The maximum atomic E-state index is 11.0. The van der Waals surface area contributed by atoms with Crippen LogP contribution in [0.4, 0.5) is 5.69 Å². The van der Waals surface area contributed by atoms with Crippen LogP contribution in [0, 0.1) is 0 Å². The quantitative estimate of drug-likeness (QED) is 0.633. The average Bonchev–Trinajstić information content (AvgIpc) is 2.04. The number of hydrogen-bond acceptors (Lipinski definition) is 3. The predicted octanol–water partition coefficient (Wildman–Crippen LogP) is 0.619. The minimum atomic E-state index is -0.265.